The van der Waals surface area contributed by atoms with Gasteiger partial charge in [0.25, 0.3) is 15.9 Å². The molecule has 2 rings (SSSR count). The highest BCUT2D eigenvalue weighted by molar-refractivity contribution is 7.92. The summed E-state index contributed by atoms with van der Waals surface area (Å²) in [5.41, 5.74) is -0.671. The number of anilines is 1. The van der Waals surface area contributed by atoms with Gasteiger partial charge >= 0.3 is 6.18 Å². The lowest BCUT2D eigenvalue weighted by Gasteiger charge is -2.11. The van der Waals surface area contributed by atoms with Gasteiger partial charge in [-0.25, -0.2) is 12.8 Å². The average molecular weight is 411 g/mol. The fourth-order valence-electron chi connectivity index (χ4n) is 1.86. The molecule has 0 bridgehead atoms. The van der Waals surface area contributed by atoms with Gasteiger partial charge in [-0.2, -0.15) is 13.2 Å². The summed E-state index contributed by atoms with van der Waals surface area (Å²) in [6.07, 6.45) is -4.60. The third-order valence-electron chi connectivity index (χ3n) is 3.03. The zero-order valence-corrected chi connectivity index (χ0v) is 14.3. The summed E-state index contributed by atoms with van der Waals surface area (Å²) in [7, 11) is -4.28. The number of sulfonamides is 1. The number of nitrogens with one attached hydrogen (secondary N) is 2. The van der Waals surface area contributed by atoms with Crippen molar-refractivity contribution in [3.8, 4) is 0 Å². The van der Waals surface area contributed by atoms with Gasteiger partial charge in [-0.05, 0) is 36.4 Å². The number of alkyl halides is 3. The number of hydrogen-bond donors (Lipinski definition) is 2. The molecule has 0 aliphatic carbocycles. The topological polar surface area (TPSA) is 75.3 Å². The normalized spacial score (nSPS) is 11.9. The number of halogens is 5. The number of benzene rings is 2. The van der Waals surface area contributed by atoms with Crippen molar-refractivity contribution in [3.63, 3.8) is 0 Å². The Balaban J connectivity index is 2.23. The van der Waals surface area contributed by atoms with Crippen molar-refractivity contribution >= 4 is 33.2 Å². The fourth-order valence-corrected chi connectivity index (χ4v) is 3.13. The molecule has 0 fully saturated rings. The van der Waals surface area contributed by atoms with Gasteiger partial charge in [0.05, 0.1) is 10.6 Å². The predicted octanol–water partition coefficient (Wildman–Crippen LogP) is 3.57. The van der Waals surface area contributed by atoms with E-state index in [4.69, 9.17) is 11.6 Å². The van der Waals surface area contributed by atoms with Gasteiger partial charge in [0, 0.05) is 10.6 Å². The highest BCUT2D eigenvalue weighted by Gasteiger charge is 2.28. The monoisotopic (exact) mass is 410 g/mol. The molecule has 0 radical (unpaired) electrons. The number of carbonyl (C=O) groups excluding carboxylic acids is 1. The molecule has 2 aromatic rings. The van der Waals surface area contributed by atoms with E-state index in [0.717, 1.165) is 30.3 Å². The van der Waals surface area contributed by atoms with Gasteiger partial charge in [-0.1, -0.05) is 17.7 Å². The van der Waals surface area contributed by atoms with Crippen LogP contribution in [-0.2, 0) is 10.0 Å². The van der Waals surface area contributed by atoms with E-state index in [1.54, 1.807) is 5.32 Å². The van der Waals surface area contributed by atoms with Crippen molar-refractivity contribution in [3.05, 3.63) is 58.9 Å². The van der Waals surface area contributed by atoms with Crippen molar-refractivity contribution in [2.24, 2.45) is 0 Å². The molecule has 0 unspecified atom stereocenters. The van der Waals surface area contributed by atoms with E-state index < -0.39 is 39.4 Å². The molecule has 0 aromatic heterocycles. The molecule has 11 heteroatoms. The second-order valence-electron chi connectivity index (χ2n) is 5.06. The number of rotatable bonds is 5. The van der Waals surface area contributed by atoms with Crippen LogP contribution in [0.5, 0.6) is 0 Å². The van der Waals surface area contributed by atoms with Crippen molar-refractivity contribution in [1.29, 1.82) is 0 Å². The first-order valence-corrected chi connectivity index (χ1v) is 8.77. The van der Waals surface area contributed by atoms with Gasteiger partial charge in [0.2, 0.25) is 0 Å². The number of amides is 1. The van der Waals surface area contributed by atoms with Gasteiger partial charge in [0.15, 0.2) is 0 Å². The SMILES string of the molecule is O=C(NCC(F)(F)F)c1cccc(S(=O)(=O)Nc2ccc(Cl)cc2F)c1. The largest absolute Gasteiger partial charge is 0.405 e. The number of hydrogen-bond acceptors (Lipinski definition) is 3. The van der Waals surface area contributed by atoms with Crippen LogP contribution in [0.3, 0.4) is 0 Å². The molecule has 0 aliphatic rings. The Labute approximate surface area is 151 Å². The Morgan fingerprint density at radius 1 is 1.12 bits per heavy atom. The van der Waals surface area contributed by atoms with Crippen molar-refractivity contribution in [2.45, 2.75) is 11.1 Å². The second kappa shape index (κ2) is 7.50. The maximum atomic E-state index is 13.7. The van der Waals surface area contributed by atoms with Crippen LogP contribution in [0.2, 0.25) is 5.02 Å². The van der Waals surface area contributed by atoms with Gasteiger partial charge in [0.1, 0.15) is 12.4 Å². The lowest BCUT2D eigenvalue weighted by molar-refractivity contribution is -0.123. The summed E-state index contributed by atoms with van der Waals surface area (Å²) < 4.78 is 76.8. The summed E-state index contributed by atoms with van der Waals surface area (Å²) in [6, 6.07) is 7.58. The standard InChI is InChI=1S/C15H11ClF4N2O3S/c16-10-4-5-13(12(17)7-10)22-26(24,25)11-3-1-2-9(6-11)14(23)21-8-15(18,19)20/h1-7,22H,8H2,(H,21,23). The lowest BCUT2D eigenvalue weighted by atomic mass is 10.2. The minimum absolute atomic E-state index is 0.0637. The summed E-state index contributed by atoms with van der Waals surface area (Å²) in [6.45, 7) is -1.56. The highest BCUT2D eigenvalue weighted by Crippen LogP contribution is 2.22. The van der Waals surface area contributed by atoms with E-state index in [9.17, 15) is 30.8 Å². The molecule has 0 heterocycles. The maximum Gasteiger partial charge on any atom is 0.405 e. The molecule has 140 valence electrons. The Bertz CT molecular complexity index is 933. The van der Waals surface area contributed by atoms with Gasteiger partial charge < -0.3 is 5.32 Å². The molecule has 2 aromatic carbocycles. The molecule has 1 amide bonds. The third-order valence-corrected chi connectivity index (χ3v) is 4.63. The molecule has 0 saturated carbocycles. The van der Waals surface area contributed by atoms with Gasteiger partial charge in [-0.15, -0.1) is 0 Å². The Hall–Kier alpha value is -2.33. The first-order chi connectivity index (χ1) is 12.0. The molecule has 5 nitrogen and oxygen atoms in total. The van der Waals surface area contributed by atoms with Crippen LogP contribution in [0.4, 0.5) is 23.2 Å². The minimum Gasteiger partial charge on any atom is -0.343 e. The fraction of sp³-hybridized carbons (Fsp3) is 0.133. The molecular weight excluding hydrogens is 400 g/mol. The average Bonchev–Trinajstić information content (AvgIpc) is 2.54. The van der Waals surface area contributed by atoms with Crippen molar-refractivity contribution < 1.29 is 30.8 Å². The molecule has 0 saturated heterocycles. The molecule has 0 spiro atoms. The Morgan fingerprint density at radius 2 is 1.81 bits per heavy atom. The van der Waals surface area contributed by atoms with E-state index in [1.165, 1.54) is 12.1 Å². The molecule has 26 heavy (non-hydrogen) atoms. The van der Waals surface area contributed by atoms with E-state index >= 15 is 0 Å². The lowest BCUT2D eigenvalue weighted by Crippen LogP contribution is -2.33. The van der Waals surface area contributed by atoms with E-state index in [0.29, 0.717) is 0 Å². The Kier molecular flexibility index (Phi) is 5.77. The first-order valence-electron chi connectivity index (χ1n) is 6.91. The summed E-state index contributed by atoms with van der Waals surface area (Å²) >= 11 is 5.58. The second-order valence-corrected chi connectivity index (χ2v) is 7.17. The zero-order chi connectivity index (χ0) is 19.5. The van der Waals surface area contributed by atoms with E-state index in [-0.39, 0.29) is 16.3 Å². The maximum absolute atomic E-state index is 13.7. The molecular formula is C15H11ClF4N2O3S. The molecule has 2 N–H and O–H groups in total. The van der Waals surface area contributed by atoms with Crippen LogP contribution < -0.4 is 10.0 Å². The smallest absolute Gasteiger partial charge is 0.343 e. The van der Waals surface area contributed by atoms with Crippen LogP contribution >= 0.6 is 11.6 Å². The van der Waals surface area contributed by atoms with Crippen LogP contribution in [0.25, 0.3) is 0 Å². The van der Waals surface area contributed by atoms with E-state index in [2.05, 4.69) is 0 Å². The highest BCUT2D eigenvalue weighted by atomic mass is 35.5. The third kappa shape index (κ3) is 5.33. The minimum atomic E-state index is -4.60. The van der Waals surface area contributed by atoms with E-state index in [1.807, 2.05) is 4.72 Å². The summed E-state index contributed by atoms with van der Waals surface area (Å²) in [5, 5.41) is 1.69. The van der Waals surface area contributed by atoms with Crippen LogP contribution in [0.15, 0.2) is 47.4 Å². The predicted molar refractivity (Wildman–Crippen MR) is 87.0 cm³/mol. The summed E-state index contributed by atoms with van der Waals surface area (Å²) in [4.78, 5) is 11.3. The van der Waals surface area contributed by atoms with Crippen LogP contribution in [0.1, 0.15) is 10.4 Å². The zero-order valence-electron chi connectivity index (χ0n) is 12.8. The van der Waals surface area contributed by atoms with Crippen molar-refractivity contribution in [2.75, 3.05) is 11.3 Å². The summed E-state index contributed by atoms with van der Waals surface area (Å²) in [5.74, 6) is -2.02. The molecule has 0 aliphatic heterocycles. The molecule has 0 atom stereocenters. The quantitative estimate of drug-likeness (QED) is 0.740. The Morgan fingerprint density at radius 3 is 2.42 bits per heavy atom. The van der Waals surface area contributed by atoms with Crippen molar-refractivity contribution in [1.82, 2.24) is 5.32 Å². The van der Waals surface area contributed by atoms with Crippen LogP contribution in [-0.4, -0.2) is 27.0 Å². The first kappa shape index (κ1) is 20.0. The van der Waals surface area contributed by atoms with Crippen LogP contribution in [0, 0.1) is 5.82 Å². The number of carbonyl (C=O) groups is 1. The van der Waals surface area contributed by atoms with Gasteiger partial charge in [-0.3, -0.25) is 9.52 Å².